The van der Waals surface area contributed by atoms with E-state index in [2.05, 4.69) is 18.9 Å². The normalized spacial score (nSPS) is 19.0. The molecule has 0 aromatic carbocycles. The van der Waals surface area contributed by atoms with Crippen LogP contribution in [0, 0.1) is 0 Å². The quantitative estimate of drug-likeness (QED) is 0.602. The lowest BCUT2D eigenvalue weighted by Crippen LogP contribution is -2.30. The van der Waals surface area contributed by atoms with E-state index in [4.69, 9.17) is 4.74 Å². The van der Waals surface area contributed by atoms with E-state index in [9.17, 15) is 4.79 Å². The minimum atomic E-state index is -0.148. The highest BCUT2D eigenvalue weighted by molar-refractivity contribution is 5.89. The molecule has 3 heteroatoms. The lowest BCUT2D eigenvalue weighted by molar-refractivity contribution is -0.136. The average molecular weight is 183 g/mol. The van der Waals surface area contributed by atoms with Gasteiger partial charge in [-0.1, -0.05) is 6.92 Å². The number of likely N-dealkylation sites (N-methyl/N-ethyl adjacent to an activating group) is 1. The summed E-state index contributed by atoms with van der Waals surface area (Å²) in [6.45, 7) is 3.94. The number of rotatable bonds is 2. The predicted octanol–water partition coefficient (Wildman–Crippen LogP) is 1.20. The van der Waals surface area contributed by atoms with Crippen molar-refractivity contribution in [3.63, 3.8) is 0 Å². The van der Waals surface area contributed by atoms with Gasteiger partial charge in [0.1, 0.15) is 0 Å². The summed E-state index contributed by atoms with van der Waals surface area (Å²) >= 11 is 0. The molecule has 0 saturated carbocycles. The van der Waals surface area contributed by atoms with E-state index >= 15 is 0 Å². The van der Waals surface area contributed by atoms with Crippen LogP contribution >= 0.6 is 0 Å². The molecular formula is C10H17NO2. The zero-order chi connectivity index (χ0) is 9.84. The molecule has 0 saturated heterocycles. The highest BCUT2D eigenvalue weighted by Gasteiger charge is 2.20. The van der Waals surface area contributed by atoms with Crippen molar-refractivity contribution < 1.29 is 9.53 Å². The van der Waals surface area contributed by atoms with Gasteiger partial charge in [0.25, 0.3) is 0 Å². The second kappa shape index (κ2) is 4.42. The van der Waals surface area contributed by atoms with E-state index in [-0.39, 0.29) is 5.97 Å². The van der Waals surface area contributed by atoms with Gasteiger partial charge in [-0.25, -0.2) is 4.79 Å². The summed E-state index contributed by atoms with van der Waals surface area (Å²) in [5.74, 6) is -0.148. The van der Waals surface area contributed by atoms with Crippen LogP contribution in [0.25, 0.3) is 0 Å². The minimum Gasteiger partial charge on any atom is -0.466 e. The Kier molecular flexibility index (Phi) is 3.48. The van der Waals surface area contributed by atoms with Crippen molar-refractivity contribution in [3.8, 4) is 0 Å². The predicted molar refractivity (Wildman–Crippen MR) is 51.4 cm³/mol. The second-order valence-electron chi connectivity index (χ2n) is 3.42. The largest absolute Gasteiger partial charge is 0.466 e. The molecule has 0 radical (unpaired) electrons. The van der Waals surface area contributed by atoms with Crippen LogP contribution < -0.4 is 0 Å². The van der Waals surface area contributed by atoms with Gasteiger partial charge in [0.05, 0.1) is 7.11 Å². The van der Waals surface area contributed by atoms with Gasteiger partial charge in [-0.2, -0.15) is 0 Å². The number of esters is 1. The molecule has 0 N–H and O–H groups in total. The molecule has 0 amide bonds. The van der Waals surface area contributed by atoms with E-state index in [0.29, 0.717) is 0 Å². The molecule has 0 unspecified atom stereocenters. The summed E-state index contributed by atoms with van der Waals surface area (Å²) in [5, 5.41) is 0. The Labute approximate surface area is 79.4 Å². The third kappa shape index (κ3) is 2.31. The first kappa shape index (κ1) is 10.3. The van der Waals surface area contributed by atoms with Gasteiger partial charge >= 0.3 is 5.97 Å². The van der Waals surface area contributed by atoms with Gasteiger partial charge in [-0.15, -0.1) is 0 Å². The third-order valence-electron chi connectivity index (χ3n) is 2.49. The molecule has 74 valence electrons. The van der Waals surface area contributed by atoms with E-state index in [1.54, 1.807) is 0 Å². The Bertz CT molecular complexity index is 233. The maximum atomic E-state index is 11.3. The first-order valence-electron chi connectivity index (χ1n) is 4.66. The van der Waals surface area contributed by atoms with Crippen molar-refractivity contribution in [2.24, 2.45) is 0 Å². The molecule has 0 aromatic heterocycles. The molecule has 1 aliphatic rings. The summed E-state index contributed by atoms with van der Waals surface area (Å²) in [6, 6.07) is 0. The molecule has 13 heavy (non-hydrogen) atoms. The first-order valence-corrected chi connectivity index (χ1v) is 4.66. The van der Waals surface area contributed by atoms with Crippen LogP contribution in [0.1, 0.15) is 19.8 Å². The monoisotopic (exact) mass is 183 g/mol. The zero-order valence-electron chi connectivity index (χ0n) is 8.59. The zero-order valence-corrected chi connectivity index (χ0v) is 8.59. The van der Waals surface area contributed by atoms with Crippen LogP contribution in [-0.4, -0.2) is 38.1 Å². The fourth-order valence-corrected chi connectivity index (χ4v) is 1.67. The molecular weight excluding hydrogens is 166 g/mol. The van der Waals surface area contributed by atoms with Crippen LogP contribution in [0.5, 0.6) is 0 Å². The number of carbonyl (C=O) groups is 1. The van der Waals surface area contributed by atoms with E-state index in [1.165, 1.54) is 12.7 Å². The van der Waals surface area contributed by atoms with Gasteiger partial charge in [-0.05, 0) is 25.5 Å². The number of carbonyl (C=O) groups excluding carboxylic acids is 1. The van der Waals surface area contributed by atoms with Crippen LogP contribution in [0.4, 0.5) is 0 Å². The van der Waals surface area contributed by atoms with Crippen LogP contribution in [-0.2, 0) is 9.53 Å². The van der Waals surface area contributed by atoms with E-state index in [0.717, 1.165) is 31.5 Å². The van der Waals surface area contributed by atoms with Crippen molar-refractivity contribution >= 4 is 5.97 Å². The summed E-state index contributed by atoms with van der Waals surface area (Å²) in [6.07, 6.45) is 1.76. The summed E-state index contributed by atoms with van der Waals surface area (Å²) < 4.78 is 4.74. The fraction of sp³-hybridized carbons (Fsp3) is 0.700. The number of ether oxygens (including phenoxy) is 1. The van der Waals surface area contributed by atoms with E-state index < -0.39 is 0 Å². The SMILES string of the molecule is CCC1=C(C(=O)OC)CCN(C)C1. The van der Waals surface area contributed by atoms with Crippen molar-refractivity contribution in [1.29, 1.82) is 0 Å². The highest BCUT2D eigenvalue weighted by atomic mass is 16.5. The third-order valence-corrected chi connectivity index (χ3v) is 2.49. The van der Waals surface area contributed by atoms with Crippen molar-refractivity contribution in [2.45, 2.75) is 19.8 Å². The molecule has 1 heterocycles. The molecule has 0 spiro atoms. The topological polar surface area (TPSA) is 29.5 Å². The van der Waals surface area contributed by atoms with Crippen molar-refractivity contribution in [1.82, 2.24) is 4.90 Å². The van der Waals surface area contributed by atoms with Gasteiger partial charge in [0.2, 0.25) is 0 Å². The van der Waals surface area contributed by atoms with Crippen LogP contribution in [0.3, 0.4) is 0 Å². The van der Waals surface area contributed by atoms with Gasteiger partial charge in [-0.3, -0.25) is 0 Å². The van der Waals surface area contributed by atoms with Crippen molar-refractivity contribution in [2.75, 3.05) is 27.2 Å². The Morgan fingerprint density at radius 2 is 2.31 bits per heavy atom. The van der Waals surface area contributed by atoms with Gasteiger partial charge in [0.15, 0.2) is 0 Å². The Balaban J connectivity index is 2.82. The number of methoxy groups -OCH3 is 1. The van der Waals surface area contributed by atoms with Crippen LogP contribution in [0.15, 0.2) is 11.1 Å². The summed E-state index contributed by atoms with van der Waals surface area (Å²) in [7, 11) is 3.52. The molecule has 0 fully saturated rings. The Morgan fingerprint density at radius 3 is 2.85 bits per heavy atom. The molecule has 1 aliphatic heterocycles. The first-order chi connectivity index (χ1) is 6.19. The maximum Gasteiger partial charge on any atom is 0.333 e. The molecule has 1 rings (SSSR count). The lowest BCUT2D eigenvalue weighted by Gasteiger charge is -2.26. The standard InChI is InChI=1S/C10H17NO2/c1-4-8-7-11(2)6-5-9(8)10(12)13-3/h4-7H2,1-3H3. The lowest BCUT2D eigenvalue weighted by atomic mass is 9.98. The highest BCUT2D eigenvalue weighted by Crippen LogP contribution is 2.20. The van der Waals surface area contributed by atoms with Crippen LogP contribution in [0.2, 0.25) is 0 Å². The Morgan fingerprint density at radius 1 is 1.62 bits per heavy atom. The summed E-state index contributed by atoms with van der Waals surface area (Å²) in [4.78, 5) is 13.6. The molecule has 0 aliphatic carbocycles. The maximum absolute atomic E-state index is 11.3. The fourth-order valence-electron chi connectivity index (χ4n) is 1.67. The van der Waals surface area contributed by atoms with Gasteiger partial charge in [0, 0.05) is 18.7 Å². The van der Waals surface area contributed by atoms with E-state index in [1.807, 2.05) is 0 Å². The molecule has 0 atom stereocenters. The Hall–Kier alpha value is -0.830. The second-order valence-corrected chi connectivity index (χ2v) is 3.42. The average Bonchev–Trinajstić information content (AvgIpc) is 2.16. The van der Waals surface area contributed by atoms with Crippen molar-refractivity contribution in [3.05, 3.63) is 11.1 Å². The smallest absolute Gasteiger partial charge is 0.333 e. The molecule has 3 nitrogen and oxygen atoms in total. The number of hydrogen-bond donors (Lipinski definition) is 0. The minimum absolute atomic E-state index is 0.148. The van der Waals surface area contributed by atoms with Gasteiger partial charge < -0.3 is 9.64 Å². The molecule has 0 aromatic rings. The number of hydrogen-bond acceptors (Lipinski definition) is 3. The molecule has 0 bridgehead atoms. The summed E-state index contributed by atoms with van der Waals surface area (Å²) in [5.41, 5.74) is 2.11. The number of nitrogens with zero attached hydrogens (tertiary/aromatic N) is 1.